The molecule has 0 aliphatic carbocycles. The first kappa shape index (κ1) is 8.75. The van der Waals surface area contributed by atoms with Crippen LogP contribution in [-0.4, -0.2) is 0 Å². The summed E-state index contributed by atoms with van der Waals surface area (Å²) in [5.74, 6) is -1.80. The zero-order valence-electron chi connectivity index (χ0n) is 5.37. The molecule has 0 aliphatic rings. The van der Waals surface area contributed by atoms with Crippen molar-refractivity contribution in [2.24, 2.45) is 0 Å². The summed E-state index contributed by atoms with van der Waals surface area (Å²) < 4.78 is 24.8. The summed E-state index contributed by atoms with van der Waals surface area (Å²) in [7, 11) is 0. The molecule has 60 valence electrons. The van der Waals surface area contributed by atoms with Gasteiger partial charge in [-0.15, -0.1) is 11.6 Å². The van der Waals surface area contributed by atoms with E-state index in [1.807, 2.05) is 0 Å². The molecule has 0 N–H and O–H groups in total. The van der Waals surface area contributed by atoms with E-state index in [1.165, 1.54) is 0 Å². The summed E-state index contributed by atoms with van der Waals surface area (Å²) in [4.78, 5) is 0. The first-order chi connectivity index (χ1) is 5.15. The second kappa shape index (κ2) is 3.37. The van der Waals surface area contributed by atoms with Gasteiger partial charge < -0.3 is 0 Å². The highest BCUT2D eigenvalue weighted by Gasteiger charge is 2.06. The molecule has 4 heteroatoms. The normalized spacial score (nSPS) is 10.2. The number of hydrogen-bond donors (Lipinski definition) is 0. The lowest BCUT2D eigenvalue weighted by molar-refractivity contribution is 0.507. The standard InChI is InChI=1S/C7H4Cl2F2/c8-3-4-1-6(10)7(11)2-5(4)9/h1-2H,3H2. The minimum absolute atomic E-state index is 0.0794. The molecule has 0 fully saturated rings. The van der Waals surface area contributed by atoms with Crippen molar-refractivity contribution in [2.75, 3.05) is 0 Å². The first-order valence-corrected chi connectivity index (χ1v) is 3.75. The summed E-state index contributed by atoms with van der Waals surface area (Å²) in [6.45, 7) is 0. The van der Waals surface area contributed by atoms with Crippen LogP contribution in [0.1, 0.15) is 5.56 Å². The van der Waals surface area contributed by atoms with Crippen LogP contribution >= 0.6 is 23.2 Å². The maximum atomic E-state index is 12.5. The molecule has 0 atom stereocenters. The smallest absolute Gasteiger partial charge is 0.160 e. The zero-order valence-corrected chi connectivity index (χ0v) is 6.89. The number of halogens is 4. The van der Waals surface area contributed by atoms with Crippen LogP contribution in [-0.2, 0) is 5.88 Å². The van der Waals surface area contributed by atoms with E-state index in [2.05, 4.69) is 0 Å². The molecular weight excluding hydrogens is 193 g/mol. The van der Waals surface area contributed by atoms with Crippen LogP contribution in [0.4, 0.5) is 8.78 Å². The summed E-state index contributed by atoms with van der Waals surface area (Å²) >= 11 is 10.9. The molecule has 0 bridgehead atoms. The van der Waals surface area contributed by atoms with E-state index in [0.29, 0.717) is 5.56 Å². The Morgan fingerprint density at radius 3 is 2.27 bits per heavy atom. The Morgan fingerprint density at radius 2 is 1.73 bits per heavy atom. The van der Waals surface area contributed by atoms with E-state index in [4.69, 9.17) is 23.2 Å². The van der Waals surface area contributed by atoms with Crippen LogP contribution < -0.4 is 0 Å². The van der Waals surface area contributed by atoms with E-state index >= 15 is 0 Å². The highest BCUT2D eigenvalue weighted by Crippen LogP contribution is 2.21. The average Bonchev–Trinajstić information content (AvgIpc) is 1.97. The van der Waals surface area contributed by atoms with Gasteiger partial charge in [0.2, 0.25) is 0 Å². The first-order valence-electron chi connectivity index (χ1n) is 2.84. The summed E-state index contributed by atoms with van der Waals surface area (Å²) in [5, 5.41) is 0.152. The van der Waals surface area contributed by atoms with E-state index in [1.54, 1.807) is 0 Å². The summed E-state index contributed by atoms with van der Waals surface area (Å²) in [5.41, 5.74) is 0.396. The number of benzene rings is 1. The van der Waals surface area contributed by atoms with E-state index < -0.39 is 11.6 Å². The van der Waals surface area contributed by atoms with Crippen molar-refractivity contribution in [3.05, 3.63) is 34.4 Å². The second-order valence-electron chi connectivity index (χ2n) is 1.99. The lowest BCUT2D eigenvalue weighted by atomic mass is 10.2. The van der Waals surface area contributed by atoms with E-state index in [0.717, 1.165) is 12.1 Å². The molecule has 1 rings (SSSR count). The number of alkyl halides is 1. The molecule has 0 unspecified atom stereocenters. The molecule has 0 aliphatic heterocycles. The van der Waals surface area contributed by atoms with Gasteiger partial charge in [-0.3, -0.25) is 0 Å². The van der Waals surface area contributed by atoms with Crippen molar-refractivity contribution in [2.45, 2.75) is 5.88 Å². The lowest BCUT2D eigenvalue weighted by Gasteiger charge is -1.99. The molecule has 0 radical (unpaired) electrons. The van der Waals surface area contributed by atoms with Gasteiger partial charge in [-0.1, -0.05) is 11.6 Å². The average molecular weight is 197 g/mol. The highest BCUT2D eigenvalue weighted by atomic mass is 35.5. The van der Waals surface area contributed by atoms with Crippen molar-refractivity contribution in [1.29, 1.82) is 0 Å². The number of rotatable bonds is 1. The molecule has 0 heterocycles. The van der Waals surface area contributed by atoms with Crippen LogP contribution in [0.3, 0.4) is 0 Å². The third kappa shape index (κ3) is 1.82. The quantitative estimate of drug-likeness (QED) is 0.478. The van der Waals surface area contributed by atoms with Gasteiger partial charge in [-0.05, 0) is 17.7 Å². The fourth-order valence-corrected chi connectivity index (χ4v) is 1.17. The molecule has 0 saturated heterocycles. The summed E-state index contributed by atoms with van der Waals surface area (Å²) in [6, 6.07) is 1.90. The fraction of sp³-hybridized carbons (Fsp3) is 0.143. The number of hydrogen-bond acceptors (Lipinski definition) is 0. The van der Waals surface area contributed by atoms with Crippen LogP contribution in [0, 0.1) is 11.6 Å². The highest BCUT2D eigenvalue weighted by molar-refractivity contribution is 6.32. The Morgan fingerprint density at radius 1 is 1.18 bits per heavy atom. The van der Waals surface area contributed by atoms with Crippen LogP contribution in [0.5, 0.6) is 0 Å². The lowest BCUT2D eigenvalue weighted by Crippen LogP contribution is -1.88. The molecule has 1 aromatic carbocycles. The van der Waals surface area contributed by atoms with Gasteiger partial charge in [-0.25, -0.2) is 8.78 Å². The molecular formula is C7H4Cl2F2. The Hall–Kier alpha value is -0.340. The molecule has 1 aromatic rings. The molecule has 0 spiro atoms. The monoisotopic (exact) mass is 196 g/mol. The van der Waals surface area contributed by atoms with Crippen LogP contribution in [0.2, 0.25) is 5.02 Å². The third-order valence-electron chi connectivity index (χ3n) is 1.23. The van der Waals surface area contributed by atoms with Crippen LogP contribution in [0.25, 0.3) is 0 Å². The van der Waals surface area contributed by atoms with Crippen LogP contribution in [0.15, 0.2) is 12.1 Å². The molecule has 11 heavy (non-hydrogen) atoms. The SMILES string of the molecule is Fc1cc(Cl)c(CCl)cc1F. The van der Waals surface area contributed by atoms with E-state index in [-0.39, 0.29) is 10.9 Å². The maximum absolute atomic E-state index is 12.5. The topological polar surface area (TPSA) is 0 Å². The van der Waals surface area contributed by atoms with Crippen molar-refractivity contribution < 1.29 is 8.78 Å². The van der Waals surface area contributed by atoms with Crippen molar-refractivity contribution in [3.63, 3.8) is 0 Å². The Labute approximate surface area is 72.7 Å². The predicted octanol–water partition coefficient (Wildman–Crippen LogP) is 3.36. The minimum Gasteiger partial charge on any atom is -0.204 e. The predicted molar refractivity (Wildman–Crippen MR) is 40.9 cm³/mol. The van der Waals surface area contributed by atoms with Gasteiger partial charge >= 0.3 is 0 Å². The second-order valence-corrected chi connectivity index (χ2v) is 2.67. The zero-order chi connectivity index (χ0) is 8.43. The largest absolute Gasteiger partial charge is 0.204 e. The molecule has 0 aromatic heterocycles. The van der Waals surface area contributed by atoms with Gasteiger partial charge in [-0.2, -0.15) is 0 Å². The van der Waals surface area contributed by atoms with E-state index in [9.17, 15) is 8.78 Å². The third-order valence-corrected chi connectivity index (χ3v) is 1.87. The Balaban J connectivity index is 3.21. The molecule has 0 amide bonds. The van der Waals surface area contributed by atoms with Gasteiger partial charge in [0.05, 0.1) is 0 Å². The molecule has 0 nitrogen and oxygen atoms in total. The molecule has 0 saturated carbocycles. The van der Waals surface area contributed by atoms with Crippen molar-refractivity contribution in [1.82, 2.24) is 0 Å². The minimum atomic E-state index is -0.955. The van der Waals surface area contributed by atoms with Gasteiger partial charge in [0.25, 0.3) is 0 Å². The van der Waals surface area contributed by atoms with Gasteiger partial charge in [0.1, 0.15) is 0 Å². The maximum Gasteiger partial charge on any atom is 0.160 e. The summed E-state index contributed by atoms with van der Waals surface area (Å²) in [6.07, 6.45) is 0. The van der Waals surface area contributed by atoms with Gasteiger partial charge in [0.15, 0.2) is 11.6 Å². The van der Waals surface area contributed by atoms with Gasteiger partial charge in [0, 0.05) is 10.9 Å². The van der Waals surface area contributed by atoms with Crippen molar-refractivity contribution in [3.8, 4) is 0 Å². The Kier molecular flexibility index (Phi) is 2.68. The fourth-order valence-electron chi connectivity index (χ4n) is 0.666. The Bertz CT molecular complexity index is 273. The van der Waals surface area contributed by atoms with Crippen molar-refractivity contribution >= 4 is 23.2 Å².